The monoisotopic (exact) mass is 731 g/mol. The number of nitrogens with one attached hydrogen (secondary N) is 1. The number of aromatic nitrogens is 1. The lowest BCUT2D eigenvalue weighted by Gasteiger charge is -2.48. The molecule has 0 saturated carbocycles. The van der Waals surface area contributed by atoms with Crippen LogP contribution in [0.15, 0.2) is 59.6 Å². The Morgan fingerprint density at radius 2 is 1.85 bits per heavy atom. The number of hydrogen-bond donors (Lipinski definition) is 1. The summed E-state index contributed by atoms with van der Waals surface area (Å²) >= 11 is 0. The molecule has 274 valence electrons. The summed E-state index contributed by atoms with van der Waals surface area (Å²) in [6.07, 6.45) is 4.47. The second-order valence-electron chi connectivity index (χ2n) is 13.1. The fourth-order valence-corrected chi connectivity index (χ4v) is 9.15. The van der Waals surface area contributed by atoms with Crippen LogP contribution in [0.2, 0.25) is 0 Å². The first-order valence-corrected chi connectivity index (χ1v) is 18.8. The van der Waals surface area contributed by atoms with Crippen molar-refractivity contribution in [3.05, 3.63) is 71.4 Å². The topological polar surface area (TPSA) is 167 Å². The van der Waals surface area contributed by atoms with Crippen LogP contribution < -0.4 is 23.8 Å². The highest BCUT2D eigenvalue weighted by molar-refractivity contribution is 7.93. The van der Waals surface area contributed by atoms with Gasteiger partial charge in [-0.2, -0.15) is 14.6 Å². The number of carbonyl (C=O) groups excluding carboxylic acids is 2. The highest BCUT2D eigenvalue weighted by Crippen LogP contribution is 2.50. The van der Waals surface area contributed by atoms with Gasteiger partial charge in [0.25, 0.3) is 15.9 Å². The van der Waals surface area contributed by atoms with E-state index >= 15 is 4.79 Å². The van der Waals surface area contributed by atoms with Crippen molar-refractivity contribution in [3.63, 3.8) is 0 Å². The summed E-state index contributed by atoms with van der Waals surface area (Å²) in [6.45, 7) is 6.24. The van der Waals surface area contributed by atoms with Crippen LogP contribution in [0, 0.1) is 11.3 Å². The lowest BCUT2D eigenvalue weighted by molar-refractivity contribution is -0.153. The first kappa shape index (κ1) is 35.5. The SMILES string of the molecule is CCOc1ncccc1[C@]1(NC(=O)N2CC(N3CCC(N4CCCO4)CC3)C2)C(=O)N(S(=O)(=O)c2ccc(OC)cc2OC)c2ccc(C#N)cc21. The van der Waals surface area contributed by atoms with Crippen molar-refractivity contribution in [3.8, 4) is 23.4 Å². The molecule has 1 N–H and O–H groups in total. The molecule has 3 amide bonds. The maximum Gasteiger partial charge on any atom is 0.318 e. The highest BCUT2D eigenvalue weighted by Gasteiger charge is 2.59. The molecule has 3 aromatic rings. The van der Waals surface area contributed by atoms with E-state index in [0.29, 0.717) is 29.2 Å². The van der Waals surface area contributed by atoms with Crippen LogP contribution >= 0.6 is 0 Å². The number of benzene rings is 2. The number of amides is 3. The molecule has 0 bridgehead atoms. The Morgan fingerprint density at radius 3 is 2.52 bits per heavy atom. The third-order valence-corrected chi connectivity index (χ3v) is 12.0. The Bertz CT molecular complexity index is 2000. The van der Waals surface area contributed by atoms with E-state index in [9.17, 15) is 18.5 Å². The van der Waals surface area contributed by atoms with E-state index in [1.54, 1.807) is 24.0 Å². The number of piperidine rings is 1. The van der Waals surface area contributed by atoms with E-state index in [0.717, 1.165) is 45.5 Å². The number of pyridine rings is 1. The standard InChI is InChI=1S/C36H41N7O8S/c1-4-50-33-28(7-5-14-38-33)36(39-35(45)41-22-26(23-41)40-16-12-25(13-17-40)42-15-6-18-51-42)29-19-24(21-37)8-10-30(29)43(34(36)44)52(46,47)32-11-9-27(48-2)20-31(32)49-3/h5,7-11,14,19-20,25-26H,4,6,12-13,15-18,22-23H2,1-3H3,(H,39,45)/t36-/m1/s1. The van der Waals surface area contributed by atoms with Gasteiger partial charge >= 0.3 is 6.03 Å². The average molecular weight is 732 g/mol. The van der Waals surface area contributed by atoms with Crippen molar-refractivity contribution in [2.45, 2.75) is 48.7 Å². The molecule has 15 nitrogen and oxygen atoms in total. The van der Waals surface area contributed by atoms with Crippen LogP contribution in [0.4, 0.5) is 10.5 Å². The first-order valence-electron chi connectivity index (χ1n) is 17.3. The van der Waals surface area contributed by atoms with Crippen molar-refractivity contribution >= 4 is 27.6 Å². The largest absolute Gasteiger partial charge is 0.497 e. The number of urea groups is 1. The zero-order valence-corrected chi connectivity index (χ0v) is 30.1. The Kier molecular flexibility index (Phi) is 9.70. The number of rotatable bonds is 10. The number of likely N-dealkylation sites (tertiary alicyclic amines) is 2. The van der Waals surface area contributed by atoms with Gasteiger partial charge in [-0.1, -0.05) is 0 Å². The Morgan fingerprint density at radius 1 is 1.06 bits per heavy atom. The molecule has 4 aliphatic rings. The number of sulfonamides is 1. The predicted octanol–water partition coefficient (Wildman–Crippen LogP) is 2.84. The molecular formula is C36H41N7O8S. The zero-order valence-electron chi connectivity index (χ0n) is 29.3. The van der Waals surface area contributed by atoms with Gasteiger partial charge in [0.05, 0.1) is 50.3 Å². The number of carbonyl (C=O) groups is 2. The lowest BCUT2D eigenvalue weighted by atomic mass is 9.83. The van der Waals surface area contributed by atoms with Crippen LogP contribution in [0.25, 0.3) is 0 Å². The minimum atomic E-state index is -4.70. The zero-order chi connectivity index (χ0) is 36.6. The number of hydrogen-bond acceptors (Lipinski definition) is 12. The van der Waals surface area contributed by atoms with Gasteiger partial charge < -0.3 is 24.4 Å². The van der Waals surface area contributed by atoms with Gasteiger partial charge in [0.15, 0.2) is 5.54 Å². The third kappa shape index (κ3) is 5.97. The van der Waals surface area contributed by atoms with Crippen molar-refractivity contribution in [1.29, 1.82) is 5.26 Å². The molecule has 3 saturated heterocycles. The van der Waals surface area contributed by atoms with Gasteiger partial charge in [-0.25, -0.2) is 18.2 Å². The van der Waals surface area contributed by atoms with E-state index in [4.69, 9.17) is 19.0 Å². The van der Waals surface area contributed by atoms with Crippen molar-refractivity contribution in [2.75, 3.05) is 64.5 Å². The second-order valence-corrected chi connectivity index (χ2v) is 14.8. The van der Waals surface area contributed by atoms with Gasteiger partial charge in [-0.05, 0) is 68.7 Å². The summed E-state index contributed by atoms with van der Waals surface area (Å²) < 4.78 is 46.5. The molecule has 16 heteroatoms. The molecule has 2 aromatic carbocycles. The molecule has 7 rings (SSSR count). The van der Waals surface area contributed by atoms with Crippen molar-refractivity contribution < 1.29 is 37.1 Å². The fraction of sp³-hybridized carbons (Fsp3) is 0.444. The first-order chi connectivity index (χ1) is 25.2. The van der Waals surface area contributed by atoms with Crippen molar-refractivity contribution in [1.82, 2.24) is 25.2 Å². The molecule has 3 fully saturated rings. The molecule has 1 atom stereocenters. The Hall–Kier alpha value is -4.95. The molecule has 0 unspecified atom stereocenters. The van der Waals surface area contributed by atoms with E-state index < -0.39 is 27.5 Å². The van der Waals surface area contributed by atoms with Crippen LogP contribution in [0.1, 0.15) is 42.9 Å². The molecule has 4 aliphatic heterocycles. The van der Waals surface area contributed by atoms with Crippen LogP contribution in [-0.2, 0) is 25.2 Å². The van der Waals surface area contributed by atoms with Crippen molar-refractivity contribution in [2.24, 2.45) is 0 Å². The van der Waals surface area contributed by atoms with E-state index in [2.05, 4.69) is 26.3 Å². The number of ether oxygens (including phenoxy) is 3. The van der Waals surface area contributed by atoms with Gasteiger partial charge in [0.1, 0.15) is 16.4 Å². The summed E-state index contributed by atoms with van der Waals surface area (Å²) in [6, 6.07) is 13.5. The maximum atomic E-state index is 15.2. The molecular weight excluding hydrogens is 691 g/mol. The molecule has 52 heavy (non-hydrogen) atoms. The number of anilines is 1. The van der Waals surface area contributed by atoms with Gasteiger partial charge in [-0.15, -0.1) is 0 Å². The van der Waals surface area contributed by atoms with E-state index in [1.807, 2.05) is 0 Å². The quantitative estimate of drug-likeness (QED) is 0.325. The van der Waals surface area contributed by atoms with Gasteiger partial charge in [-0.3, -0.25) is 14.5 Å². The predicted molar refractivity (Wildman–Crippen MR) is 187 cm³/mol. The highest BCUT2D eigenvalue weighted by atomic mass is 32.2. The molecule has 5 heterocycles. The number of fused-ring (bicyclic) bond motifs is 1. The molecule has 0 spiro atoms. The minimum Gasteiger partial charge on any atom is -0.497 e. The smallest absolute Gasteiger partial charge is 0.318 e. The van der Waals surface area contributed by atoms with Gasteiger partial charge in [0.2, 0.25) is 5.88 Å². The number of nitriles is 1. The number of methoxy groups -OCH3 is 2. The van der Waals surface area contributed by atoms with Crippen LogP contribution in [0.5, 0.6) is 17.4 Å². The maximum absolute atomic E-state index is 15.2. The summed E-state index contributed by atoms with van der Waals surface area (Å²) in [5.74, 6) is -0.678. The summed E-state index contributed by atoms with van der Waals surface area (Å²) in [4.78, 5) is 43.3. The fourth-order valence-electron chi connectivity index (χ4n) is 7.55. The van der Waals surface area contributed by atoms with Gasteiger partial charge in [0, 0.05) is 62.6 Å². The summed E-state index contributed by atoms with van der Waals surface area (Å²) in [5, 5.41) is 15.0. The van der Waals surface area contributed by atoms with E-state index in [1.165, 1.54) is 56.8 Å². The van der Waals surface area contributed by atoms with Crippen LogP contribution in [0.3, 0.4) is 0 Å². The molecule has 0 aliphatic carbocycles. The molecule has 1 aromatic heterocycles. The lowest BCUT2D eigenvalue weighted by Crippen LogP contribution is -2.67. The third-order valence-electron chi connectivity index (χ3n) is 10.2. The van der Waals surface area contributed by atoms with Crippen LogP contribution in [-0.4, -0.2) is 112 Å². The normalized spacial score (nSPS) is 21.4. The number of nitrogens with zero attached hydrogens (tertiary/aromatic N) is 6. The summed E-state index contributed by atoms with van der Waals surface area (Å²) in [5.41, 5.74) is -1.84. The number of hydroxylamine groups is 2. The minimum absolute atomic E-state index is 0.0274. The second kappa shape index (κ2) is 14.2. The molecule has 0 radical (unpaired) electrons. The average Bonchev–Trinajstić information content (AvgIpc) is 3.77. The van der Waals surface area contributed by atoms with E-state index in [-0.39, 0.29) is 51.6 Å². The Labute approximate surface area is 302 Å². The summed E-state index contributed by atoms with van der Waals surface area (Å²) in [7, 11) is -1.95. The Balaban J connectivity index is 1.25.